The first-order valence-corrected chi connectivity index (χ1v) is 4.27. The molecule has 0 aliphatic heterocycles. The fourth-order valence-electron chi connectivity index (χ4n) is 0.938. The van der Waals surface area contributed by atoms with Crippen LogP contribution >= 0.6 is 0 Å². The number of carbonyl (C=O) groups excluding carboxylic acids is 1. The Hall–Kier alpha value is -0.830. The van der Waals surface area contributed by atoms with Gasteiger partial charge in [-0.1, -0.05) is 12.7 Å². The van der Waals surface area contributed by atoms with Crippen LogP contribution in [0.1, 0.15) is 19.8 Å². The molecule has 1 saturated carbocycles. The molecule has 3 nitrogen and oxygen atoms in total. The highest BCUT2D eigenvalue weighted by Gasteiger charge is 2.25. The minimum atomic E-state index is -0.193. The molecule has 1 rings (SSSR count). The Balaban J connectivity index is 2.14. The van der Waals surface area contributed by atoms with E-state index in [2.05, 4.69) is 11.9 Å². The van der Waals surface area contributed by atoms with Crippen molar-refractivity contribution in [3.05, 3.63) is 12.7 Å². The summed E-state index contributed by atoms with van der Waals surface area (Å²) in [6.45, 7) is 5.59. The van der Waals surface area contributed by atoms with Crippen LogP contribution in [-0.2, 0) is 9.53 Å². The summed E-state index contributed by atoms with van der Waals surface area (Å²) in [6.07, 6.45) is 3.93. The number of esters is 1. The lowest BCUT2D eigenvalue weighted by Gasteiger charge is -2.10. The van der Waals surface area contributed by atoms with Gasteiger partial charge < -0.3 is 10.1 Å². The van der Waals surface area contributed by atoms with E-state index in [1.54, 1.807) is 6.08 Å². The maximum Gasteiger partial charge on any atom is 0.323 e. The zero-order valence-corrected chi connectivity index (χ0v) is 7.38. The Labute approximate surface area is 72.8 Å². The highest BCUT2D eigenvalue weighted by Crippen LogP contribution is 2.19. The molecule has 0 aromatic rings. The fourth-order valence-corrected chi connectivity index (χ4v) is 0.938. The van der Waals surface area contributed by atoms with Gasteiger partial charge in [0.25, 0.3) is 0 Å². The molecule has 0 aromatic carbocycles. The average molecular weight is 169 g/mol. The van der Waals surface area contributed by atoms with Crippen LogP contribution in [-0.4, -0.2) is 24.7 Å². The van der Waals surface area contributed by atoms with Gasteiger partial charge in [-0.3, -0.25) is 4.79 Å². The summed E-state index contributed by atoms with van der Waals surface area (Å²) in [5.74, 6) is -0.193. The quantitative estimate of drug-likeness (QED) is 0.490. The van der Waals surface area contributed by atoms with Gasteiger partial charge in [-0.05, 0) is 19.8 Å². The molecule has 1 aliphatic carbocycles. The summed E-state index contributed by atoms with van der Waals surface area (Å²) in [7, 11) is 0. The smallest absolute Gasteiger partial charge is 0.323 e. The molecule has 1 aliphatic rings. The van der Waals surface area contributed by atoms with E-state index in [1.165, 1.54) is 12.8 Å². The molecule has 68 valence electrons. The predicted octanol–water partition coefficient (Wildman–Crippen LogP) is 0.856. The number of carbonyl (C=O) groups is 1. The van der Waals surface area contributed by atoms with Gasteiger partial charge in [-0.2, -0.15) is 0 Å². The lowest BCUT2D eigenvalue weighted by Crippen LogP contribution is -2.36. The molecular weight excluding hydrogens is 154 g/mol. The van der Waals surface area contributed by atoms with Gasteiger partial charge in [-0.25, -0.2) is 0 Å². The molecule has 1 atom stereocenters. The molecule has 1 N–H and O–H groups in total. The van der Waals surface area contributed by atoms with Crippen molar-refractivity contribution in [2.45, 2.75) is 31.8 Å². The van der Waals surface area contributed by atoms with E-state index in [-0.39, 0.29) is 12.0 Å². The van der Waals surface area contributed by atoms with Crippen molar-refractivity contribution in [2.75, 3.05) is 6.61 Å². The van der Waals surface area contributed by atoms with Crippen LogP contribution in [0.25, 0.3) is 0 Å². The van der Waals surface area contributed by atoms with Crippen LogP contribution in [0.2, 0.25) is 0 Å². The lowest BCUT2D eigenvalue weighted by atomic mass is 10.3. The summed E-state index contributed by atoms with van der Waals surface area (Å²) in [5.41, 5.74) is 0. The summed E-state index contributed by atoms with van der Waals surface area (Å²) >= 11 is 0. The molecule has 0 bridgehead atoms. The van der Waals surface area contributed by atoms with Gasteiger partial charge in [-0.15, -0.1) is 0 Å². The first kappa shape index (κ1) is 9.26. The van der Waals surface area contributed by atoms with Crippen LogP contribution in [0.15, 0.2) is 12.7 Å². The number of nitrogens with one attached hydrogen (secondary N) is 1. The normalized spacial score (nSPS) is 18.4. The first-order valence-electron chi connectivity index (χ1n) is 4.27. The number of hydrogen-bond donors (Lipinski definition) is 1. The maximum atomic E-state index is 11.1. The van der Waals surface area contributed by atoms with Crippen molar-refractivity contribution in [1.82, 2.24) is 5.32 Å². The standard InChI is InChI=1S/C9H15NO2/c1-3-6-12-9(11)7(2)10-8-4-5-8/h3,7-8,10H,1,4-6H2,2H3. The van der Waals surface area contributed by atoms with E-state index < -0.39 is 0 Å². The van der Waals surface area contributed by atoms with Gasteiger partial charge in [0.15, 0.2) is 0 Å². The molecule has 0 heterocycles. The molecule has 0 radical (unpaired) electrons. The third-order valence-electron chi connectivity index (χ3n) is 1.76. The zero-order valence-electron chi connectivity index (χ0n) is 7.38. The van der Waals surface area contributed by atoms with Crippen molar-refractivity contribution < 1.29 is 9.53 Å². The molecule has 0 saturated heterocycles. The van der Waals surface area contributed by atoms with Crippen molar-refractivity contribution in [3.8, 4) is 0 Å². The van der Waals surface area contributed by atoms with Gasteiger partial charge in [0, 0.05) is 6.04 Å². The van der Waals surface area contributed by atoms with Gasteiger partial charge >= 0.3 is 5.97 Å². The zero-order chi connectivity index (χ0) is 8.97. The molecule has 12 heavy (non-hydrogen) atoms. The Morgan fingerprint density at radius 3 is 3.00 bits per heavy atom. The minimum absolute atomic E-state index is 0.183. The fraction of sp³-hybridized carbons (Fsp3) is 0.667. The van der Waals surface area contributed by atoms with Crippen molar-refractivity contribution >= 4 is 5.97 Å². The van der Waals surface area contributed by atoms with E-state index in [9.17, 15) is 4.79 Å². The van der Waals surface area contributed by atoms with Gasteiger partial charge in [0.05, 0.1) is 0 Å². The Bertz CT molecular complexity index is 175. The maximum absolute atomic E-state index is 11.1. The van der Waals surface area contributed by atoms with Crippen LogP contribution in [0, 0.1) is 0 Å². The topological polar surface area (TPSA) is 38.3 Å². The SMILES string of the molecule is C=CCOC(=O)C(C)NC1CC1. The van der Waals surface area contributed by atoms with Crippen LogP contribution in [0.3, 0.4) is 0 Å². The number of hydrogen-bond acceptors (Lipinski definition) is 3. The summed E-state index contributed by atoms with van der Waals surface area (Å²) in [5, 5.41) is 3.15. The van der Waals surface area contributed by atoms with Crippen LogP contribution < -0.4 is 5.32 Å². The molecule has 0 aromatic heterocycles. The minimum Gasteiger partial charge on any atom is -0.460 e. The van der Waals surface area contributed by atoms with Crippen LogP contribution in [0.4, 0.5) is 0 Å². The number of rotatable bonds is 5. The Morgan fingerprint density at radius 1 is 1.83 bits per heavy atom. The van der Waals surface area contributed by atoms with Crippen molar-refractivity contribution in [3.63, 3.8) is 0 Å². The monoisotopic (exact) mass is 169 g/mol. The first-order chi connectivity index (χ1) is 5.74. The lowest BCUT2D eigenvalue weighted by molar-refractivity contribution is -0.144. The molecule has 0 spiro atoms. The molecule has 3 heteroatoms. The van der Waals surface area contributed by atoms with E-state index in [4.69, 9.17) is 4.74 Å². The molecule has 1 fully saturated rings. The van der Waals surface area contributed by atoms with E-state index >= 15 is 0 Å². The van der Waals surface area contributed by atoms with E-state index in [0.29, 0.717) is 12.6 Å². The van der Waals surface area contributed by atoms with E-state index in [1.807, 2.05) is 6.92 Å². The van der Waals surface area contributed by atoms with Gasteiger partial charge in [0.1, 0.15) is 12.6 Å². The van der Waals surface area contributed by atoms with Crippen molar-refractivity contribution in [1.29, 1.82) is 0 Å². The average Bonchev–Trinajstić information content (AvgIpc) is 2.83. The van der Waals surface area contributed by atoms with E-state index in [0.717, 1.165) is 0 Å². The Morgan fingerprint density at radius 2 is 2.50 bits per heavy atom. The summed E-state index contributed by atoms with van der Waals surface area (Å²) in [4.78, 5) is 11.1. The molecule has 0 amide bonds. The van der Waals surface area contributed by atoms with Crippen molar-refractivity contribution in [2.24, 2.45) is 0 Å². The highest BCUT2D eigenvalue weighted by atomic mass is 16.5. The Kier molecular flexibility index (Phi) is 3.29. The second-order valence-corrected chi connectivity index (χ2v) is 3.08. The third-order valence-corrected chi connectivity index (χ3v) is 1.76. The highest BCUT2D eigenvalue weighted by molar-refractivity contribution is 5.75. The second kappa shape index (κ2) is 4.26. The molecule has 1 unspecified atom stereocenters. The molecular formula is C9H15NO2. The summed E-state index contributed by atoms with van der Waals surface area (Å²) in [6, 6.07) is 0.355. The summed E-state index contributed by atoms with van der Waals surface area (Å²) < 4.78 is 4.86. The van der Waals surface area contributed by atoms with Crippen LogP contribution in [0.5, 0.6) is 0 Å². The second-order valence-electron chi connectivity index (χ2n) is 3.08. The largest absolute Gasteiger partial charge is 0.460 e. The number of ether oxygens (including phenoxy) is 1. The van der Waals surface area contributed by atoms with Gasteiger partial charge in [0.2, 0.25) is 0 Å². The third kappa shape index (κ3) is 3.05. The predicted molar refractivity (Wildman–Crippen MR) is 46.8 cm³/mol.